The van der Waals surface area contributed by atoms with E-state index in [1.165, 1.54) is 5.56 Å². The molecule has 0 unspecified atom stereocenters. The van der Waals surface area contributed by atoms with Crippen molar-refractivity contribution in [1.29, 1.82) is 0 Å². The number of benzene rings is 2. The minimum Gasteiger partial charge on any atom is -0.489 e. The van der Waals surface area contributed by atoms with Gasteiger partial charge in [-0.25, -0.2) is 0 Å². The molecule has 0 aliphatic carbocycles. The first-order valence-electron chi connectivity index (χ1n) is 5.61. The van der Waals surface area contributed by atoms with E-state index in [9.17, 15) is 0 Å². The van der Waals surface area contributed by atoms with Crippen LogP contribution in [-0.2, 0) is 6.61 Å². The van der Waals surface area contributed by atoms with Gasteiger partial charge in [0.15, 0.2) is 0 Å². The predicted molar refractivity (Wildman–Crippen MR) is 70.8 cm³/mol. The van der Waals surface area contributed by atoms with Gasteiger partial charge in [0.1, 0.15) is 12.4 Å². The lowest BCUT2D eigenvalue weighted by Gasteiger charge is -2.06. The first-order chi connectivity index (χ1) is 8.78. The Morgan fingerprint density at radius 2 is 1.72 bits per heavy atom. The van der Waals surface area contributed by atoms with Crippen LogP contribution in [0.1, 0.15) is 11.1 Å². The Morgan fingerprint density at radius 3 is 2.33 bits per heavy atom. The fraction of sp³-hybridized carbons (Fsp3) is 0.143. The smallest absolute Gasteiger partial charge is 0.119 e. The number of azide groups is 1. The minimum absolute atomic E-state index is 0.529. The summed E-state index contributed by atoms with van der Waals surface area (Å²) < 4.78 is 5.63. The molecule has 0 heterocycles. The van der Waals surface area contributed by atoms with E-state index in [1.807, 2.05) is 12.1 Å². The van der Waals surface area contributed by atoms with E-state index in [0.717, 1.165) is 11.3 Å². The summed E-state index contributed by atoms with van der Waals surface area (Å²) in [6.45, 7) is 2.58. The highest BCUT2D eigenvalue weighted by atomic mass is 16.5. The molecule has 0 spiro atoms. The largest absolute Gasteiger partial charge is 0.489 e. The number of hydrogen-bond acceptors (Lipinski definition) is 2. The highest BCUT2D eigenvalue weighted by Crippen LogP contribution is 2.19. The fourth-order valence-corrected chi connectivity index (χ4v) is 1.51. The minimum atomic E-state index is 0.529. The molecule has 2 aromatic carbocycles. The van der Waals surface area contributed by atoms with E-state index in [0.29, 0.717) is 12.3 Å². The van der Waals surface area contributed by atoms with E-state index >= 15 is 0 Å². The maximum Gasteiger partial charge on any atom is 0.119 e. The Morgan fingerprint density at radius 1 is 1.06 bits per heavy atom. The van der Waals surface area contributed by atoms with Crippen molar-refractivity contribution in [3.8, 4) is 5.75 Å². The van der Waals surface area contributed by atoms with Crippen molar-refractivity contribution in [1.82, 2.24) is 0 Å². The second-order valence-corrected chi connectivity index (χ2v) is 3.96. The SMILES string of the molecule is Cc1ccc(COc2ccc(N=[N+]=[N-])cc2)cc1. The molecule has 0 saturated carbocycles. The van der Waals surface area contributed by atoms with Crippen molar-refractivity contribution in [3.63, 3.8) is 0 Å². The molecule has 0 amide bonds. The summed E-state index contributed by atoms with van der Waals surface area (Å²) >= 11 is 0. The Balaban J connectivity index is 1.97. The number of nitrogens with zero attached hydrogens (tertiary/aromatic N) is 3. The maximum absolute atomic E-state index is 8.29. The van der Waals surface area contributed by atoms with Crippen molar-refractivity contribution in [2.24, 2.45) is 5.11 Å². The van der Waals surface area contributed by atoms with Crippen LogP contribution in [0.25, 0.3) is 10.4 Å². The monoisotopic (exact) mass is 239 g/mol. The molecule has 0 aliphatic heterocycles. The summed E-state index contributed by atoms with van der Waals surface area (Å²) in [5, 5.41) is 3.50. The van der Waals surface area contributed by atoms with Gasteiger partial charge in [0.25, 0.3) is 0 Å². The summed E-state index contributed by atoms with van der Waals surface area (Å²) in [6.07, 6.45) is 0. The van der Waals surface area contributed by atoms with Crippen LogP contribution in [0, 0.1) is 6.92 Å². The Bertz CT molecular complexity index is 555. The van der Waals surface area contributed by atoms with Gasteiger partial charge in [-0.1, -0.05) is 34.9 Å². The summed E-state index contributed by atoms with van der Waals surface area (Å²) in [4.78, 5) is 2.72. The number of aryl methyl sites for hydroxylation is 1. The van der Waals surface area contributed by atoms with Gasteiger partial charge in [0.2, 0.25) is 0 Å². The standard InChI is InChI=1S/C14H13N3O/c1-11-2-4-12(5-3-11)10-18-14-8-6-13(7-9-14)16-17-15/h2-9H,10H2,1H3. The van der Waals surface area contributed by atoms with E-state index in [2.05, 4.69) is 29.1 Å². The summed E-state index contributed by atoms with van der Waals surface area (Å²) in [5.41, 5.74) is 11.2. The molecule has 0 aromatic heterocycles. The number of ether oxygens (including phenoxy) is 1. The lowest BCUT2D eigenvalue weighted by Crippen LogP contribution is -1.94. The zero-order chi connectivity index (χ0) is 12.8. The van der Waals surface area contributed by atoms with Crippen molar-refractivity contribution in [2.45, 2.75) is 13.5 Å². The van der Waals surface area contributed by atoms with Crippen LogP contribution < -0.4 is 4.74 Å². The maximum atomic E-state index is 8.29. The molecule has 18 heavy (non-hydrogen) atoms. The van der Waals surface area contributed by atoms with Gasteiger partial charge in [-0.15, -0.1) is 0 Å². The molecule has 0 fully saturated rings. The second kappa shape index (κ2) is 5.75. The molecule has 2 rings (SSSR count). The van der Waals surface area contributed by atoms with E-state index < -0.39 is 0 Å². The van der Waals surface area contributed by atoms with Crippen LogP contribution in [0.15, 0.2) is 53.6 Å². The lowest BCUT2D eigenvalue weighted by atomic mass is 10.2. The van der Waals surface area contributed by atoms with Gasteiger partial charge < -0.3 is 4.74 Å². The third kappa shape index (κ3) is 3.27. The third-order valence-electron chi connectivity index (χ3n) is 2.52. The molecule has 0 aliphatic rings. The van der Waals surface area contributed by atoms with Crippen molar-refractivity contribution in [2.75, 3.05) is 0 Å². The van der Waals surface area contributed by atoms with E-state index in [4.69, 9.17) is 10.3 Å². The van der Waals surface area contributed by atoms with E-state index in [1.54, 1.807) is 24.3 Å². The van der Waals surface area contributed by atoms with Gasteiger partial charge >= 0.3 is 0 Å². The van der Waals surface area contributed by atoms with Gasteiger partial charge in [-0.2, -0.15) is 0 Å². The van der Waals surface area contributed by atoms with Crippen molar-refractivity contribution in [3.05, 3.63) is 70.1 Å². The molecule has 0 atom stereocenters. The molecule has 2 aromatic rings. The average Bonchev–Trinajstić information content (AvgIpc) is 2.40. The lowest BCUT2D eigenvalue weighted by molar-refractivity contribution is 0.306. The Hall–Kier alpha value is -2.45. The average molecular weight is 239 g/mol. The topological polar surface area (TPSA) is 58.0 Å². The quantitative estimate of drug-likeness (QED) is 0.439. The zero-order valence-electron chi connectivity index (χ0n) is 10.1. The van der Waals surface area contributed by atoms with Crippen LogP contribution in [0.2, 0.25) is 0 Å². The molecule has 0 N–H and O–H groups in total. The molecular weight excluding hydrogens is 226 g/mol. The number of hydrogen-bond donors (Lipinski definition) is 0. The normalized spacial score (nSPS) is 9.61. The first-order valence-corrected chi connectivity index (χ1v) is 5.61. The molecule has 0 radical (unpaired) electrons. The van der Waals surface area contributed by atoms with Crippen LogP contribution in [0.5, 0.6) is 5.75 Å². The third-order valence-corrected chi connectivity index (χ3v) is 2.52. The molecule has 90 valence electrons. The number of rotatable bonds is 4. The molecule has 0 saturated heterocycles. The van der Waals surface area contributed by atoms with Crippen LogP contribution in [0.3, 0.4) is 0 Å². The first kappa shape index (κ1) is 12.0. The highest BCUT2D eigenvalue weighted by Gasteiger charge is 1.96. The van der Waals surface area contributed by atoms with Gasteiger partial charge in [-0.05, 0) is 42.3 Å². The van der Waals surface area contributed by atoms with E-state index in [-0.39, 0.29) is 0 Å². The Kier molecular flexibility index (Phi) is 3.84. The van der Waals surface area contributed by atoms with Crippen molar-refractivity contribution < 1.29 is 4.74 Å². The molecule has 4 nitrogen and oxygen atoms in total. The molecule has 0 bridgehead atoms. The van der Waals surface area contributed by atoms with Crippen LogP contribution >= 0.6 is 0 Å². The van der Waals surface area contributed by atoms with Crippen LogP contribution in [-0.4, -0.2) is 0 Å². The predicted octanol–water partition coefficient (Wildman–Crippen LogP) is 4.52. The zero-order valence-corrected chi connectivity index (χ0v) is 10.1. The van der Waals surface area contributed by atoms with Gasteiger partial charge in [-0.3, -0.25) is 0 Å². The van der Waals surface area contributed by atoms with Crippen LogP contribution in [0.4, 0.5) is 5.69 Å². The summed E-state index contributed by atoms with van der Waals surface area (Å²) in [5.74, 6) is 0.757. The Labute approximate surface area is 105 Å². The summed E-state index contributed by atoms with van der Waals surface area (Å²) in [7, 11) is 0. The highest BCUT2D eigenvalue weighted by molar-refractivity contribution is 5.41. The second-order valence-electron chi connectivity index (χ2n) is 3.96. The summed E-state index contributed by atoms with van der Waals surface area (Å²) in [6, 6.07) is 15.2. The van der Waals surface area contributed by atoms with Gasteiger partial charge in [0.05, 0.1) is 0 Å². The molecule has 4 heteroatoms. The van der Waals surface area contributed by atoms with Gasteiger partial charge in [0, 0.05) is 10.6 Å². The van der Waals surface area contributed by atoms with Crippen molar-refractivity contribution >= 4 is 5.69 Å². The molecular formula is C14H13N3O. The fourth-order valence-electron chi connectivity index (χ4n) is 1.51.